The maximum absolute atomic E-state index is 11.6. The molecule has 0 radical (unpaired) electrons. The Hall–Kier alpha value is -1.63. The van der Waals surface area contributed by atoms with Crippen molar-refractivity contribution in [3.63, 3.8) is 0 Å². The van der Waals surface area contributed by atoms with Gasteiger partial charge in [-0.25, -0.2) is 0 Å². The maximum atomic E-state index is 11.6. The molecule has 0 saturated heterocycles. The first-order valence-corrected chi connectivity index (χ1v) is 6.60. The minimum atomic E-state index is -0.495. The predicted octanol–water partition coefficient (Wildman–Crippen LogP) is 2.22. The zero-order valence-corrected chi connectivity index (χ0v) is 12.3. The summed E-state index contributed by atoms with van der Waals surface area (Å²) in [4.78, 5) is 23.1. The SMILES string of the molecule is CC(Br)C(=O)N(C)CCOc1ccccc1[N+](=O)[O-]. The van der Waals surface area contributed by atoms with E-state index in [4.69, 9.17) is 4.74 Å². The lowest BCUT2D eigenvalue weighted by Crippen LogP contribution is -2.35. The highest BCUT2D eigenvalue weighted by atomic mass is 79.9. The highest BCUT2D eigenvalue weighted by Gasteiger charge is 2.16. The van der Waals surface area contributed by atoms with Crippen molar-refractivity contribution >= 4 is 27.5 Å². The zero-order valence-electron chi connectivity index (χ0n) is 10.7. The summed E-state index contributed by atoms with van der Waals surface area (Å²) in [5.74, 6) is 0.145. The summed E-state index contributed by atoms with van der Waals surface area (Å²) < 4.78 is 5.35. The standard InChI is InChI=1S/C12H15BrN2O4/c1-9(13)12(16)14(2)7-8-19-11-6-4-3-5-10(11)15(17)18/h3-6,9H,7-8H2,1-2H3. The lowest BCUT2D eigenvalue weighted by Gasteiger charge is -2.18. The summed E-state index contributed by atoms with van der Waals surface area (Å²) in [6.07, 6.45) is 0. The molecule has 7 heteroatoms. The fourth-order valence-electron chi connectivity index (χ4n) is 1.44. The number of benzene rings is 1. The van der Waals surface area contributed by atoms with Crippen molar-refractivity contribution in [3.8, 4) is 5.75 Å². The number of carbonyl (C=O) groups is 1. The van der Waals surface area contributed by atoms with Crippen molar-refractivity contribution in [1.82, 2.24) is 4.90 Å². The zero-order chi connectivity index (χ0) is 14.4. The Balaban J connectivity index is 2.54. The first-order valence-electron chi connectivity index (χ1n) is 5.68. The Morgan fingerprint density at radius 2 is 2.16 bits per heavy atom. The fourth-order valence-corrected chi connectivity index (χ4v) is 1.79. The molecule has 0 aliphatic heterocycles. The molecule has 1 atom stereocenters. The fraction of sp³-hybridized carbons (Fsp3) is 0.417. The van der Waals surface area contributed by atoms with Crippen LogP contribution in [0.2, 0.25) is 0 Å². The molecule has 1 aromatic rings. The molecule has 0 aromatic heterocycles. The van der Waals surface area contributed by atoms with Crippen molar-refractivity contribution < 1.29 is 14.5 Å². The van der Waals surface area contributed by atoms with Crippen LogP contribution in [0.5, 0.6) is 5.75 Å². The van der Waals surface area contributed by atoms with Gasteiger partial charge >= 0.3 is 5.69 Å². The van der Waals surface area contributed by atoms with Gasteiger partial charge in [0.15, 0.2) is 5.75 Å². The summed E-state index contributed by atoms with van der Waals surface area (Å²) in [6, 6.07) is 6.16. The lowest BCUT2D eigenvalue weighted by atomic mass is 10.3. The molecule has 1 amide bonds. The van der Waals surface area contributed by atoms with Crippen LogP contribution in [0.4, 0.5) is 5.69 Å². The molecule has 0 aliphatic carbocycles. The van der Waals surface area contributed by atoms with Gasteiger partial charge in [-0.2, -0.15) is 0 Å². The van der Waals surface area contributed by atoms with Gasteiger partial charge < -0.3 is 9.64 Å². The van der Waals surface area contributed by atoms with Crippen molar-refractivity contribution in [2.24, 2.45) is 0 Å². The van der Waals surface area contributed by atoms with Gasteiger partial charge in [-0.05, 0) is 13.0 Å². The summed E-state index contributed by atoms with van der Waals surface area (Å²) in [6.45, 7) is 2.30. The average molecular weight is 331 g/mol. The van der Waals surface area contributed by atoms with Crippen LogP contribution in [0.25, 0.3) is 0 Å². The third-order valence-corrected chi connectivity index (χ3v) is 2.85. The predicted molar refractivity (Wildman–Crippen MR) is 74.6 cm³/mol. The molecule has 19 heavy (non-hydrogen) atoms. The molecule has 0 bridgehead atoms. The van der Waals surface area contributed by atoms with E-state index in [2.05, 4.69) is 15.9 Å². The topological polar surface area (TPSA) is 72.7 Å². The van der Waals surface area contributed by atoms with E-state index < -0.39 is 4.92 Å². The first-order chi connectivity index (χ1) is 8.93. The minimum Gasteiger partial charge on any atom is -0.485 e. The second-order valence-corrected chi connectivity index (χ2v) is 5.32. The van der Waals surface area contributed by atoms with Crippen molar-refractivity contribution in [2.75, 3.05) is 20.2 Å². The molecule has 1 unspecified atom stereocenters. The maximum Gasteiger partial charge on any atom is 0.310 e. The molecular weight excluding hydrogens is 316 g/mol. The molecule has 1 aromatic carbocycles. The Kier molecular flexibility index (Phi) is 5.75. The molecule has 0 aliphatic rings. The summed E-state index contributed by atoms with van der Waals surface area (Å²) in [5.41, 5.74) is -0.0784. The third-order valence-electron chi connectivity index (χ3n) is 2.46. The van der Waals surface area contributed by atoms with E-state index in [1.807, 2.05) is 0 Å². The number of hydrogen-bond acceptors (Lipinski definition) is 4. The van der Waals surface area contributed by atoms with Crippen molar-refractivity contribution in [3.05, 3.63) is 34.4 Å². The first kappa shape index (κ1) is 15.4. The average Bonchev–Trinajstić information content (AvgIpc) is 2.37. The summed E-state index contributed by atoms with van der Waals surface area (Å²) in [5, 5.41) is 10.8. The third kappa shape index (κ3) is 4.51. The smallest absolute Gasteiger partial charge is 0.310 e. The van der Waals surface area contributed by atoms with E-state index in [1.54, 1.807) is 26.1 Å². The van der Waals surface area contributed by atoms with Crippen LogP contribution in [-0.2, 0) is 4.79 Å². The number of halogens is 1. The number of carbonyl (C=O) groups excluding carboxylic acids is 1. The second kappa shape index (κ2) is 7.08. The number of ether oxygens (including phenoxy) is 1. The highest BCUT2D eigenvalue weighted by molar-refractivity contribution is 9.10. The van der Waals surface area contributed by atoms with Gasteiger partial charge in [-0.3, -0.25) is 14.9 Å². The number of para-hydroxylation sites is 2. The summed E-state index contributed by atoms with van der Waals surface area (Å²) in [7, 11) is 1.66. The van der Waals surface area contributed by atoms with Crippen LogP contribution in [0.15, 0.2) is 24.3 Å². The Bertz CT molecular complexity index is 465. The van der Waals surface area contributed by atoms with Gasteiger partial charge in [-0.1, -0.05) is 28.1 Å². The van der Waals surface area contributed by atoms with Crippen LogP contribution in [0, 0.1) is 10.1 Å². The van der Waals surface area contributed by atoms with Crippen LogP contribution >= 0.6 is 15.9 Å². The number of nitro groups is 1. The van der Waals surface area contributed by atoms with E-state index in [0.29, 0.717) is 6.54 Å². The molecule has 0 fully saturated rings. The molecular formula is C12H15BrN2O4. The summed E-state index contributed by atoms with van der Waals surface area (Å²) >= 11 is 3.19. The van der Waals surface area contributed by atoms with Gasteiger partial charge in [-0.15, -0.1) is 0 Å². The normalized spacial score (nSPS) is 11.7. The van der Waals surface area contributed by atoms with E-state index in [-0.39, 0.29) is 28.8 Å². The molecule has 0 saturated carbocycles. The molecule has 0 N–H and O–H groups in total. The van der Waals surface area contributed by atoms with Gasteiger partial charge in [0.1, 0.15) is 6.61 Å². The van der Waals surface area contributed by atoms with Crippen LogP contribution < -0.4 is 4.74 Å². The van der Waals surface area contributed by atoms with Crippen molar-refractivity contribution in [2.45, 2.75) is 11.8 Å². The monoisotopic (exact) mass is 330 g/mol. The van der Waals surface area contributed by atoms with Gasteiger partial charge in [0, 0.05) is 13.1 Å². The number of hydrogen-bond donors (Lipinski definition) is 0. The second-order valence-electron chi connectivity index (χ2n) is 3.95. The molecule has 0 heterocycles. The number of rotatable bonds is 6. The quantitative estimate of drug-likeness (QED) is 0.455. The van der Waals surface area contributed by atoms with Crippen LogP contribution in [-0.4, -0.2) is 40.8 Å². The van der Waals surface area contributed by atoms with E-state index in [1.165, 1.54) is 17.0 Å². The number of nitrogens with zero attached hydrogens (tertiary/aromatic N) is 2. The van der Waals surface area contributed by atoms with E-state index in [9.17, 15) is 14.9 Å². The molecule has 104 valence electrons. The van der Waals surface area contributed by atoms with Crippen LogP contribution in [0.1, 0.15) is 6.92 Å². The van der Waals surface area contributed by atoms with E-state index in [0.717, 1.165) is 0 Å². The Morgan fingerprint density at radius 3 is 2.74 bits per heavy atom. The molecule has 6 nitrogen and oxygen atoms in total. The lowest BCUT2D eigenvalue weighted by molar-refractivity contribution is -0.385. The van der Waals surface area contributed by atoms with Crippen LogP contribution in [0.3, 0.4) is 0 Å². The highest BCUT2D eigenvalue weighted by Crippen LogP contribution is 2.25. The number of likely N-dealkylation sites (N-methyl/N-ethyl adjacent to an activating group) is 1. The number of amides is 1. The molecule has 0 spiro atoms. The Labute approximate surface area is 119 Å². The molecule has 1 rings (SSSR count). The van der Waals surface area contributed by atoms with Gasteiger partial charge in [0.25, 0.3) is 0 Å². The van der Waals surface area contributed by atoms with Gasteiger partial charge in [0.05, 0.1) is 16.3 Å². The Morgan fingerprint density at radius 1 is 1.53 bits per heavy atom. The minimum absolute atomic E-state index is 0.0637. The van der Waals surface area contributed by atoms with Gasteiger partial charge in [0.2, 0.25) is 5.91 Å². The number of nitro benzene ring substituents is 1. The largest absolute Gasteiger partial charge is 0.485 e. The van der Waals surface area contributed by atoms with E-state index >= 15 is 0 Å². The van der Waals surface area contributed by atoms with Crippen molar-refractivity contribution in [1.29, 1.82) is 0 Å². The number of alkyl halides is 1.